The average Bonchev–Trinajstić information content (AvgIpc) is 3.47. The summed E-state index contributed by atoms with van der Waals surface area (Å²) in [5.74, 6) is 1.04. The summed E-state index contributed by atoms with van der Waals surface area (Å²) in [4.78, 5) is 21.3. The average molecular weight is 508 g/mol. The van der Waals surface area contributed by atoms with Gasteiger partial charge in [-0.05, 0) is 43.3 Å². The van der Waals surface area contributed by atoms with Gasteiger partial charge in [-0.25, -0.2) is 9.37 Å². The number of H-pyrrole nitrogens is 1. The summed E-state index contributed by atoms with van der Waals surface area (Å²) < 4.78 is 32.2. The van der Waals surface area contributed by atoms with Gasteiger partial charge in [-0.15, -0.1) is 0 Å². The number of ketones is 1. The Kier molecular flexibility index (Phi) is 6.05. The van der Waals surface area contributed by atoms with Gasteiger partial charge >= 0.3 is 0 Å². The second kappa shape index (κ2) is 9.20. The molecule has 0 bridgehead atoms. The van der Waals surface area contributed by atoms with Gasteiger partial charge in [0.1, 0.15) is 11.6 Å². The summed E-state index contributed by atoms with van der Waals surface area (Å²) in [6.45, 7) is 2.75. The molecule has 0 fully saturated rings. The highest BCUT2D eigenvalue weighted by Gasteiger charge is 2.20. The first-order valence-electron chi connectivity index (χ1n) is 11.2. The number of hydrogen-bond acceptors (Lipinski definition) is 5. The van der Waals surface area contributed by atoms with Crippen LogP contribution in [-0.2, 0) is 6.54 Å². The summed E-state index contributed by atoms with van der Waals surface area (Å²) in [6.07, 6.45) is 1.97. The molecular weight excluding hydrogens is 485 g/mol. The minimum atomic E-state index is -0.520. The van der Waals surface area contributed by atoms with Gasteiger partial charge in [0.25, 0.3) is 0 Å². The largest absolute Gasteiger partial charge is 0.493 e. The van der Waals surface area contributed by atoms with Gasteiger partial charge in [0, 0.05) is 46.4 Å². The van der Waals surface area contributed by atoms with Crippen molar-refractivity contribution < 1.29 is 23.4 Å². The number of fused-ring (bicyclic) bond motifs is 2. The van der Waals surface area contributed by atoms with Crippen LogP contribution in [0.3, 0.4) is 0 Å². The van der Waals surface area contributed by atoms with Gasteiger partial charge in [0.05, 0.1) is 37.4 Å². The highest BCUT2D eigenvalue weighted by Crippen LogP contribution is 2.39. The number of nitrogens with one attached hydrogen (secondary N) is 1. The molecule has 0 aliphatic heterocycles. The fourth-order valence-corrected chi connectivity index (χ4v) is 4.56. The fraction of sp³-hybridized carbons (Fsp3) is 0.185. The standard InChI is InChI=1S/C27H23ClFN3O4/c1-5-32-13-17(27-30-20-11-18(28)19(29)12-21(20)31-27)16-8-14(6-7-22(16)32)25(33)15-9-23(34-2)26(36-4)24(10-15)35-3/h6-13H,5H2,1-4H3,(H,30,31). The zero-order chi connectivity index (χ0) is 25.6. The quantitative estimate of drug-likeness (QED) is 0.263. The van der Waals surface area contributed by atoms with E-state index in [1.807, 2.05) is 25.3 Å². The third-order valence-corrected chi connectivity index (χ3v) is 6.48. The van der Waals surface area contributed by atoms with Crippen LogP contribution in [0.2, 0.25) is 5.02 Å². The van der Waals surface area contributed by atoms with Gasteiger partial charge in [0.2, 0.25) is 5.75 Å². The number of carbonyl (C=O) groups excluding carboxylic acids is 1. The fourth-order valence-electron chi connectivity index (χ4n) is 4.40. The molecule has 0 amide bonds. The van der Waals surface area contributed by atoms with Crippen molar-refractivity contribution in [1.29, 1.82) is 0 Å². The van der Waals surface area contributed by atoms with Crippen LogP contribution in [0.25, 0.3) is 33.3 Å². The van der Waals surface area contributed by atoms with Crippen molar-refractivity contribution in [3.05, 3.63) is 70.6 Å². The molecule has 7 nitrogen and oxygen atoms in total. The molecule has 2 heterocycles. The first-order valence-corrected chi connectivity index (χ1v) is 11.6. The van der Waals surface area contributed by atoms with Crippen LogP contribution in [-0.4, -0.2) is 41.6 Å². The second-order valence-corrected chi connectivity index (χ2v) is 8.58. The van der Waals surface area contributed by atoms with E-state index in [4.69, 9.17) is 25.8 Å². The number of carbonyl (C=O) groups is 1. The molecule has 36 heavy (non-hydrogen) atoms. The number of halogens is 2. The van der Waals surface area contributed by atoms with E-state index in [0.29, 0.717) is 45.2 Å². The SMILES string of the molecule is CCn1cc(-c2nc3cc(Cl)c(F)cc3[nH]2)c2cc(C(=O)c3cc(OC)c(OC)c(OC)c3)ccc21. The van der Waals surface area contributed by atoms with Crippen molar-refractivity contribution in [3.8, 4) is 28.6 Å². The number of methoxy groups -OCH3 is 3. The van der Waals surface area contributed by atoms with E-state index in [-0.39, 0.29) is 10.8 Å². The summed E-state index contributed by atoms with van der Waals surface area (Å²) >= 11 is 5.94. The topological polar surface area (TPSA) is 78.4 Å². The Balaban J connectivity index is 1.65. The molecule has 184 valence electrons. The molecule has 0 aliphatic rings. The highest BCUT2D eigenvalue weighted by molar-refractivity contribution is 6.31. The number of rotatable bonds is 7. The molecule has 0 aliphatic carbocycles. The zero-order valence-corrected chi connectivity index (χ0v) is 20.9. The molecule has 0 saturated carbocycles. The number of aromatic amines is 1. The molecule has 0 atom stereocenters. The van der Waals surface area contributed by atoms with E-state index in [2.05, 4.69) is 14.5 Å². The van der Waals surface area contributed by atoms with Gasteiger partial charge in [-0.2, -0.15) is 0 Å². The predicted octanol–water partition coefficient (Wildman–Crippen LogP) is 6.25. The van der Waals surface area contributed by atoms with Crippen LogP contribution in [0, 0.1) is 5.82 Å². The van der Waals surface area contributed by atoms with Crippen LogP contribution in [0.5, 0.6) is 17.2 Å². The van der Waals surface area contributed by atoms with Crippen LogP contribution >= 0.6 is 11.6 Å². The van der Waals surface area contributed by atoms with Gasteiger partial charge in [-0.3, -0.25) is 4.79 Å². The van der Waals surface area contributed by atoms with E-state index in [9.17, 15) is 9.18 Å². The van der Waals surface area contributed by atoms with Crippen molar-refractivity contribution >= 4 is 39.3 Å². The lowest BCUT2D eigenvalue weighted by Gasteiger charge is -2.14. The first-order chi connectivity index (χ1) is 17.4. The Hall–Kier alpha value is -4.04. The minimum Gasteiger partial charge on any atom is -0.493 e. The predicted molar refractivity (Wildman–Crippen MR) is 137 cm³/mol. The minimum absolute atomic E-state index is 0.00904. The smallest absolute Gasteiger partial charge is 0.203 e. The van der Waals surface area contributed by atoms with Crippen molar-refractivity contribution in [1.82, 2.24) is 14.5 Å². The van der Waals surface area contributed by atoms with Crippen LogP contribution in [0.4, 0.5) is 4.39 Å². The number of hydrogen-bond donors (Lipinski definition) is 1. The molecule has 5 aromatic rings. The summed E-state index contributed by atoms with van der Waals surface area (Å²) in [5, 5.41) is 0.843. The zero-order valence-electron chi connectivity index (χ0n) is 20.1. The maximum Gasteiger partial charge on any atom is 0.203 e. The van der Waals surface area contributed by atoms with E-state index in [0.717, 1.165) is 23.0 Å². The molecule has 0 saturated heterocycles. The second-order valence-electron chi connectivity index (χ2n) is 8.17. The first kappa shape index (κ1) is 23.7. The summed E-state index contributed by atoms with van der Waals surface area (Å²) in [5.41, 5.74) is 3.70. The van der Waals surface area contributed by atoms with E-state index < -0.39 is 5.82 Å². The van der Waals surface area contributed by atoms with Gasteiger partial charge in [-0.1, -0.05) is 11.6 Å². The Morgan fingerprint density at radius 1 is 1.03 bits per heavy atom. The van der Waals surface area contributed by atoms with E-state index in [1.54, 1.807) is 18.2 Å². The Morgan fingerprint density at radius 3 is 2.39 bits per heavy atom. The number of benzene rings is 3. The number of aryl methyl sites for hydroxylation is 1. The molecule has 0 radical (unpaired) electrons. The molecule has 0 unspecified atom stereocenters. The summed E-state index contributed by atoms with van der Waals surface area (Å²) in [7, 11) is 4.52. The maximum atomic E-state index is 14.0. The third-order valence-electron chi connectivity index (χ3n) is 6.19. The molecule has 3 aromatic carbocycles. The van der Waals surface area contributed by atoms with Crippen LogP contribution in [0.15, 0.2) is 48.7 Å². The molecule has 0 spiro atoms. The van der Waals surface area contributed by atoms with Crippen LogP contribution < -0.4 is 14.2 Å². The molecular formula is C27H23ClFN3O4. The van der Waals surface area contributed by atoms with Gasteiger partial charge < -0.3 is 23.8 Å². The molecule has 9 heteroatoms. The Labute approximate surface area is 211 Å². The van der Waals surface area contributed by atoms with E-state index in [1.165, 1.54) is 33.5 Å². The lowest BCUT2D eigenvalue weighted by molar-refractivity contribution is 0.103. The van der Waals surface area contributed by atoms with Crippen LogP contribution in [0.1, 0.15) is 22.8 Å². The highest BCUT2D eigenvalue weighted by atomic mass is 35.5. The number of aromatic nitrogens is 3. The van der Waals surface area contributed by atoms with Crippen molar-refractivity contribution in [2.75, 3.05) is 21.3 Å². The van der Waals surface area contributed by atoms with E-state index >= 15 is 0 Å². The normalized spacial score (nSPS) is 11.3. The Bertz CT molecular complexity index is 1580. The van der Waals surface area contributed by atoms with Gasteiger partial charge in [0.15, 0.2) is 17.3 Å². The molecule has 5 rings (SSSR count). The summed E-state index contributed by atoms with van der Waals surface area (Å²) in [6, 6.07) is 11.6. The molecule has 2 aromatic heterocycles. The molecule has 1 N–H and O–H groups in total. The van der Waals surface area contributed by atoms with Crippen molar-refractivity contribution in [2.45, 2.75) is 13.5 Å². The lowest BCUT2D eigenvalue weighted by atomic mass is 10.00. The third kappa shape index (κ3) is 3.83. The lowest BCUT2D eigenvalue weighted by Crippen LogP contribution is -2.04. The number of ether oxygens (including phenoxy) is 3. The number of imidazole rings is 1. The maximum absolute atomic E-state index is 14.0. The Morgan fingerprint density at radius 2 is 1.75 bits per heavy atom. The number of nitrogens with zero attached hydrogens (tertiary/aromatic N) is 2. The van der Waals surface area contributed by atoms with Crippen molar-refractivity contribution in [2.24, 2.45) is 0 Å². The monoisotopic (exact) mass is 507 g/mol. The van der Waals surface area contributed by atoms with Crippen molar-refractivity contribution in [3.63, 3.8) is 0 Å².